The van der Waals surface area contributed by atoms with E-state index in [4.69, 9.17) is 0 Å². The van der Waals surface area contributed by atoms with Crippen LogP contribution in [0.4, 0.5) is 0 Å². The molecule has 0 unspecified atom stereocenters. The molecule has 1 heterocycles. The summed E-state index contributed by atoms with van der Waals surface area (Å²) in [5, 5.41) is 2.71. The lowest BCUT2D eigenvalue weighted by molar-refractivity contribution is 0.304. The van der Waals surface area contributed by atoms with Crippen molar-refractivity contribution in [2.75, 3.05) is 0 Å². The second-order valence-corrected chi connectivity index (χ2v) is 9.57. The van der Waals surface area contributed by atoms with Crippen LogP contribution in [0.15, 0.2) is 45.3 Å². The molecule has 2 aromatic carbocycles. The summed E-state index contributed by atoms with van der Waals surface area (Å²) in [6, 6.07) is 13.4. The molecule has 0 aliphatic heterocycles. The normalized spacial score (nSPS) is 26.0. The van der Waals surface area contributed by atoms with E-state index in [1.165, 1.54) is 60.3 Å². The van der Waals surface area contributed by atoms with Gasteiger partial charge in [0.25, 0.3) is 0 Å². The molecule has 0 spiro atoms. The van der Waals surface area contributed by atoms with Crippen LogP contribution < -0.4 is 0 Å². The van der Waals surface area contributed by atoms with E-state index in [2.05, 4.69) is 72.8 Å². The van der Waals surface area contributed by atoms with E-state index in [0.717, 1.165) is 21.4 Å². The molecule has 0 bridgehead atoms. The Morgan fingerprint density at radius 1 is 0.958 bits per heavy atom. The van der Waals surface area contributed by atoms with Crippen molar-refractivity contribution >= 4 is 53.7 Å². The average Bonchev–Trinajstić information content (AvgIpc) is 3.24. The van der Waals surface area contributed by atoms with Crippen molar-refractivity contribution in [1.29, 1.82) is 0 Å². The molecule has 0 saturated heterocycles. The van der Waals surface area contributed by atoms with Crippen molar-refractivity contribution in [2.45, 2.75) is 45.1 Å². The van der Waals surface area contributed by atoms with Crippen LogP contribution >= 0.6 is 31.9 Å². The molecule has 2 aliphatic rings. The molecule has 5 rings (SSSR count). The highest BCUT2D eigenvalue weighted by molar-refractivity contribution is 9.10. The van der Waals surface area contributed by atoms with Crippen LogP contribution in [-0.2, 0) is 6.54 Å². The summed E-state index contributed by atoms with van der Waals surface area (Å²) in [5.41, 5.74) is 3.43. The van der Waals surface area contributed by atoms with Crippen molar-refractivity contribution in [3.8, 4) is 0 Å². The molecule has 3 heteroatoms. The highest BCUT2D eigenvalue weighted by atomic mass is 79.9. The number of hydrogen-bond donors (Lipinski definition) is 0. The predicted octanol–water partition coefficient (Wildman–Crippen LogP) is 7.29. The number of benzene rings is 2. The first-order valence-corrected chi connectivity index (χ1v) is 10.6. The summed E-state index contributed by atoms with van der Waals surface area (Å²) in [7, 11) is 0. The lowest BCUT2D eigenvalue weighted by atomic mass is 9.86. The van der Waals surface area contributed by atoms with E-state index in [9.17, 15) is 0 Å². The first-order valence-electron chi connectivity index (χ1n) is 9.03. The molecule has 2 aliphatic carbocycles. The first-order chi connectivity index (χ1) is 11.7. The highest BCUT2D eigenvalue weighted by Crippen LogP contribution is 2.63. The predicted molar refractivity (Wildman–Crippen MR) is 108 cm³/mol. The molecule has 0 amide bonds. The molecule has 1 nitrogen and oxygen atoms in total. The fourth-order valence-electron chi connectivity index (χ4n) is 5.07. The second kappa shape index (κ2) is 5.60. The van der Waals surface area contributed by atoms with Crippen molar-refractivity contribution in [1.82, 2.24) is 4.57 Å². The van der Waals surface area contributed by atoms with Gasteiger partial charge < -0.3 is 4.57 Å². The van der Waals surface area contributed by atoms with Crippen molar-refractivity contribution in [3.05, 3.63) is 45.3 Å². The summed E-state index contributed by atoms with van der Waals surface area (Å²) >= 11 is 7.28. The molecule has 2 atom stereocenters. The highest BCUT2D eigenvalue weighted by Gasteiger charge is 2.53. The maximum Gasteiger partial charge on any atom is 0.0492 e. The van der Waals surface area contributed by atoms with Crippen LogP contribution in [-0.4, -0.2) is 4.57 Å². The summed E-state index contributed by atoms with van der Waals surface area (Å²) in [6.07, 6.45) is 8.69. The standard InChI is InChI=1S/C21H21Br2N/c22-15-4-6-19-17(11-15)18-12-16(23)5-7-20(18)24(19)10-9-21-8-2-1-3-14(21)13-21/h4-7,11-12,14H,1-3,8-10,13H2/t14-,21-/m1/s1. The number of aryl methyl sites for hydroxylation is 1. The van der Waals surface area contributed by atoms with Gasteiger partial charge in [-0.1, -0.05) is 44.7 Å². The minimum atomic E-state index is 0.686. The van der Waals surface area contributed by atoms with Crippen molar-refractivity contribution in [3.63, 3.8) is 0 Å². The van der Waals surface area contributed by atoms with Crippen LogP contribution in [0.3, 0.4) is 0 Å². The van der Waals surface area contributed by atoms with Gasteiger partial charge in [0.2, 0.25) is 0 Å². The lowest BCUT2D eigenvalue weighted by Gasteiger charge is -2.22. The topological polar surface area (TPSA) is 4.93 Å². The fraction of sp³-hybridized carbons (Fsp3) is 0.429. The monoisotopic (exact) mass is 445 g/mol. The van der Waals surface area contributed by atoms with E-state index in [0.29, 0.717) is 5.41 Å². The summed E-state index contributed by atoms with van der Waals surface area (Å²) in [5.74, 6) is 1.03. The molecule has 124 valence electrons. The average molecular weight is 447 g/mol. The van der Waals surface area contributed by atoms with Gasteiger partial charge in [-0.25, -0.2) is 0 Å². The SMILES string of the molecule is Brc1ccc2c(c1)c1cc(Br)ccc1n2CC[C@@]12CCCC[C@@H]1C2. The Morgan fingerprint density at radius 3 is 2.25 bits per heavy atom. The van der Waals surface area contributed by atoms with E-state index in [1.54, 1.807) is 0 Å². The molecule has 1 aromatic heterocycles. The molecule has 0 N–H and O–H groups in total. The van der Waals surface area contributed by atoms with Gasteiger partial charge in [0.15, 0.2) is 0 Å². The number of hydrogen-bond acceptors (Lipinski definition) is 0. The maximum absolute atomic E-state index is 3.64. The number of nitrogens with zero attached hydrogens (tertiary/aromatic N) is 1. The Balaban J connectivity index is 1.58. The lowest BCUT2D eigenvalue weighted by Crippen LogP contribution is -2.12. The minimum Gasteiger partial charge on any atom is -0.340 e. The number of aromatic nitrogens is 1. The molecule has 2 fully saturated rings. The van der Waals surface area contributed by atoms with Crippen LogP contribution in [0.25, 0.3) is 21.8 Å². The van der Waals surface area contributed by atoms with E-state index in [1.807, 2.05) is 0 Å². The van der Waals surface area contributed by atoms with Crippen LogP contribution in [0.5, 0.6) is 0 Å². The quantitative estimate of drug-likeness (QED) is 0.398. The zero-order chi connectivity index (χ0) is 16.3. The van der Waals surface area contributed by atoms with Crippen LogP contribution in [0.2, 0.25) is 0 Å². The summed E-state index contributed by atoms with van der Waals surface area (Å²) in [4.78, 5) is 0. The van der Waals surface area contributed by atoms with Crippen molar-refractivity contribution in [2.24, 2.45) is 11.3 Å². The number of fused-ring (bicyclic) bond motifs is 4. The van der Waals surface area contributed by atoms with Crippen molar-refractivity contribution < 1.29 is 0 Å². The maximum atomic E-state index is 3.64. The fourth-order valence-corrected chi connectivity index (χ4v) is 5.79. The Hall–Kier alpha value is -0.800. The van der Waals surface area contributed by atoms with Gasteiger partial charge >= 0.3 is 0 Å². The van der Waals surface area contributed by atoms with Gasteiger partial charge in [0, 0.05) is 37.3 Å². The van der Waals surface area contributed by atoms with Gasteiger partial charge in [-0.05, 0) is 73.4 Å². The van der Waals surface area contributed by atoms with Gasteiger partial charge in [-0.2, -0.15) is 0 Å². The minimum absolute atomic E-state index is 0.686. The number of rotatable bonds is 3. The molecule has 24 heavy (non-hydrogen) atoms. The van der Waals surface area contributed by atoms with Gasteiger partial charge in [-0.3, -0.25) is 0 Å². The molecular weight excluding hydrogens is 426 g/mol. The largest absolute Gasteiger partial charge is 0.340 e. The van der Waals surface area contributed by atoms with Gasteiger partial charge in [-0.15, -0.1) is 0 Å². The van der Waals surface area contributed by atoms with E-state index in [-0.39, 0.29) is 0 Å². The smallest absolute Gasteiger partial charge is 0.0492 e. The first kappa shape index (κ1) is 15.5. The molecule has 2 saturated carbocycles. The third kappa shape index (κ3) is 2.39. The zero-order valence-electron chi connectivity index (χ0n) is 13.7. The molecule has 0 radical (unpaired) electrons. The van der Waals surface area contributed by atoms with Gasteiger partial charge in [0.05, 0.1) is 0 Å². The third-order valence-electron chi connectivity index (χ3n) is 6.46. The Labute approximate surface area is 159 Å². The molecule has 3 aromatic rings. The third-order valence-corrected chi connectivity index (χ3v) is 7.44. The summed E-state index contributed by atoms with van der Waals surface area (Å²) < 4.78 is 4.87. The van der Waals surface area contributed by atoms with Gasteiger partial charge in [0.1, 0.15) is 0 Å². The summed E-state index contributed by atoms with van der Waals surface area (Å²) in [6.45, 7) is 1.15. The zero-order valence-corrected chi connectivity index (χ0v) is 16.9. The van der Waals surface area contributed by atoms with Crippen LogP contribution in [0, 0.1) is 11.3 Å². The van der Waals surface area contributed by atoms with Crippen LogP contribution in [0.1, 0.15) is 38.5 Å². The Bertz CT molecular complexity index is 883. The number of halogens is 2. The van der Waals surface area contributed by atoms with E-state index >= 15 is 0 Å². The van der Waals surface area contributed by atoms with E-state index < -0.39 is 0 Å². The molecular formula is C21H21Br2N. The second-order valence-electron chi connectivity index (χ2n) is 7.73. The Kier molecular flexibility index (Phi) is 3.61. The Morgan fingerprint density at radius 2 is 1.62 bits per heavy atom.